The molecule has 11 heavy (non-hydrogen) atoms. The van der Waals surface area contributed by atoms with Gasteiger partial charge in [0.1, 0.15) is 9.79 Å². The van der Waals surface area contributed by atoms with Crippen LogP contribution in [0.15, 0.2) is 12.3 Å². The second-order valence-electron chi connectivity index (χ2n) is 1.97. The third-order valence-corrected chi connectivity index (χ3v) is 1.75. The summed E-state index contributed by atoms with van der Waals surface area (Å²) in [7, 11) is 0. The molecule has 2 rings (SSSR count). The molecule has 0 saturated heterocycles. The molecule has 0 spiro atoms. The summed E-state index contributed by atoms with van der Waals surface area (Å²) in [6.07, 6.45) is 1.56. The van der Waals surface area contributed by atoms with E-state index in [2.05, 4.69) is 15.3 Å². The smallest absolute Gasteiger partial charge is 0.176 e. The Morgan fingerprint density at radius 1 is 1.64 bits per heavy atom. The molecule has 0 amide bonds. The van der Waals surface area contributed by atoms with Crippen molar-refractivity contribution in [3.05, 3.63) is 22.1 Å². The van der Waals surface area contributed by atoms with Gasteiger partial charge in [0, 0.05) is 6.07 Å². The van der Waals surface area contributed by atoms with E-state index < -0.39 is 0 Å². The first kappa shape index (κ1) is 6.75. The minimum Gasteiger partial charge on any atom is -0.215 e. The molecule has 0 aliphatic carbocycles. The number of rotatable bonds is 0. The van der Waals surface area contributed by atoms with Crippen LogP contribution in [0.5, 0.6) is 0 Å². The normalized spacial score (nSPS) is 10.6. The van der Waals surface area contributed by atoms with E-state index in [-0.39, 0.29) is 0 Å². The fourth-order valence-electron chi connectivity index (χ4n) is 0.802. The van der Waals surface area contributed by atoms with Gasteiger partial charge in [0.05, 0.1) is 6.20 Å². The van der Waals surface area contributed by atoms with Crippen molar-refractivity contribution in [1.82, 2.24) is 19.8 Å². The molecule has 56 valence electrons. The van der Waals surface area contributed by atoms with E-state index in [1.54, 1.807) is 16.8 Å². The van der Waals surface area contributed by atoms with Crippen molar-refractivity contribution in [2.24, 2.45) is 0 Å². The highest BCUT2D eigenvalue weighted by atomic mass is 35.5. The summed E-state index contributed by atoms with van der Waals surface area (Å²) < 4.78 is 2.14. The summed E-state index contributed by atoms with van der Waals surface area (Å²) in [4.78, 5) is 3.96. The molecule has 0 atom stereocenters. The molecule has 0 unspecified atom stereocenters. The van der Waals surface area contributed by atoms with Gasteiger partial charge in [-0.3, -0.25) is 0 Å². The Kier molecular flexibility index (Phi) is 1.40. The van der Waals surface area contributed by atoms with Gasteiger partial charge in [-0.25, -0.2) is 14.7 Å². The van der Waals surface area contributed by atoms with Gasteiger partial charge in [0.2, 0.25) is 0 Å². The van der Waals surface area contributed by atoms with Crippen LogP contribution < -0.4 is 0 Å². The SMILES string of the molecule is S=c1cc(Cl)nc2cn[nH]n12. The topological polar surface area (TPSA) is 46.0 Å². The Morgan fingerprint density at radius 3 is 3.27 bits per heavy atom. The van der Waals surface area contributed by atoms with Gasteiger partial charge >= 0.3 is 0 Å². The number of fused-ring (bicyclic) bond motifs is 1. The maximum atomic E-state index is 5.65. The zero-order chi connectivity index (χ0) is 7.84. The Hall–Kier alpha value is -0.940. The van der Waals surface area contributed by atoms with Crippen LogP contribution in [0, 0.1) is 4.64 Å². The first-order valence-electron chi connectivity index (χ1n) is 2.86. The Morgan fingerprint density at radius 2 is 2.45 bits per heavy atom. The number of hydrogen-bond acceptors (Lipinski definition) is 3. The number of aromatic amines is 1. The lowest BCUT2D eigenvalue weighted by atomic mass is 10.6. The fourth-order valence-corrected chi connectivity index (χ4v) is 1.30. The van der Waals surface area contributed by atoms with Gasteiger partial charge in [-0.1, -0.05) is 23.8 Å². The van der Waals surface area contributed by atoms with E-state index in [4.69, 9.17) is 23.8 Å². The molecule has 4 nitrogen and oxygen atoms in total. The van der Waals surface area contributed by atoms with Crippen LogP contribution in [0.25, 0.3) is 5.65 Å². The maximum absolute atomic E-state index is 5.65. The van der Waals surface area contributed by atoms with Crippen molar-refractivity contribution in [3.8, 4) is 0 Å². The van der Waals surface area contributed by atoms with E-state index >= 15 is 0 Å². The van der Waals surface area contributed by atoms with E-state index in [1.165, 1.54) is 0 Å². The molecule has 2 aromatic heterocycles. The van der Waals surface area contributed by atoms with Crippen LogP contribution in [0.2, 0.25) is 5.15 Å². The van der Waals surface area contributed by atoms with E-state index in [0.29, 0.717) is 15.4 Å². The Balaban J connectivity index is 3.02. The first-order valence-corrected chi connectivity index (χ1v) is 3.65. The molecule has 2 aromatic rings. The molecule has 0 aromatic carbocycles. The van der Waals surface area contributed by atoms with Crippen LogP contribution in [0.1, 0.15) is 0 Å². The van der Waals surface area contributed by atoms with Gasteiger partial charge < -0.3 is 0 Å². The van der Waals surface area contributed by atoms with Gasteiger partial charge in [-0.15, -0.1) is 0 Å². The highest BCUT2D eigenvalue weighted by Crippen LogP contribution is 2.06. The molecule has 0 saturated carbocycles. The summed E-state index contributed by atoms with van der Waals surface area (Å²) in [5.74, 6) is 0. The summed E-state index contributed by atoms with van der Waals surface area (Å²) in [5.41, 5.74) is 0.627. The number of H-pyrrole nitrogens is 1. The molecule has 0 aliphatic heterocycles. The van der Waals surface area contributed by atoms with Crippen LogP contribution in [-0.2, 0) is 0 Å². The van der Waals surface area contributed by atoms with E-state index in [1.807, 2.05) is 0 Å². The predicted octanol–water partition coefficient (Wildman–Crippen LogP) is 1.44. The van der Waals surface area contributed by atoms with Crippen molar-refractivity contribution in [2.45, 2.75) is 0 Å². The molecule has 0 fully saturated rings. The number of nitrogens with zero attached hydrogens (tertiary/aromatic N) is 3. The number of aromatic nitrogens is 4. The van der Waals surface area contributed by atoms with Crippen LogP contribution in [0.4, 0.5) is 0 Å². The number of nitrogens with one attached hydrogen (secondary N) is 1. The minimum atomic E-state index is 0.386. The number of halogens is 1. The quantitative estimate of drug-likeness (QED) is 0.500. The number of hydrogen-bond donors (Lipinski definition) is 1. The molecular formula is C5H3ClN4S. The monoisotopic (exact) mass is 186 g/mol. The Labute approximate surface area is 71.8 Å². The van der Waals surface area contributed by atoms with Crippen LogP contribution in [0.3, 0.4) is 0 Å². The van der Waals surface area contributed by atoms with Crippen molar-refractivity contribution in [3.63, 3.8) is 0 Å². The predicted molar refractivity (Wildman–Crippen MR) is 43.2 cm³/mol. The third kappa shape index (κ3) is 1.02. The molecule has 0 aliphatic rings. The summed E-state index contributed by atoms with van der Waals surface area (Å²) >= 11 is 10.6. The van der Waals surface area contributed by atoms with E-state index in [9.17, 15) is 0 Å². The van der Waals surface area contributed by atoms with Gasteiger partial charge in [0.15, 0.2) is 5.65 Å². The summed E-state index contributed by atoms with van der Waals surface area (Å²) in [6.45, 7) is 0. The van der Waals surface area contributed by atoms with Crippen molar-refractivity contribution in [1.29, 1.82) is 0 Å². The van der Waals surface area contributed by atoms with Crippen LogP contribution >= 0.6 is 23.8 Å². The lowest BCUT2D eigenvalue weighted by Gasteiger charge is -1.91. The third-order valence-electron chi connectivity index (χ3n) is 1.25. The van der Waals surface area contributed by atoms with Gasteiger partial charge in [-0.2, -0.15) is 5.10 Å². The summed E-state index contributed by atoms with van der Waals surface area (Å²) in [6, 6.07) is 1.59. The van der Waals surface area contributed by atoms with E-state index in [0.717, 1.165) is 0 Å². The fraction of sp³-hybridized carbons (Fsp3) is 0. The summed E-state index contributed by atoms with van der Waals surface area (Å²) in [5, 5.41) is 6.80. The minimum absolute atomic E-state index is 0.386. The molecule has 0 radical (unpaired) electrons. The van der Waals surface area contributed by atoms with Crippen molar-refractivity contribution < 1.29 is 0 Å². The largest absolute Gasteiger partial charge is 0.215 e. The van der Waals surface area contributed by atoms with Crippen molar-refractivity contribution >= 4 is 29.5 Å². The average Bonchev–Trinajstić information content (AvgIpc) is 2.34. The van der Waals surface area contributed by atoms with Gasteiger partial charge in [0.25, 0.3) is 0 Å². The first-order chi connectivity index (χ1) is 5.27. The zero-order valence-electron chi connectivity index (χ0n) is 5.28. The highest BCUT2D eigenvalue weighted by Gasteiger charge is 1.97. The maximum Gasteiger partial charge on any atom is 0.176 e. The average molecular weight is 187 g/mol. The Bertz CT molecular complexity index is 445. The molecule has 6 heteroatoms. The molecule has 0 bridgehead atoms. The van der Waals surface area contributed by atoms with Gasteiger partial charge in [-0.05, 0) is 0 Å². The molecular weight excluding hydrogens is 184 g/mol. The molecule has 2 heterocycles. The molecule has 1 N–H and O–H groups in total. The standard InChI is InChI=1S/C5H3ClN4S/c6-3-1-5(11)10-4(8-3)2-7-9-10/h1-2,9H. The second-order valence-corrected chi connectivity index (χ2v) is 2.77. The van der Waals surface area contributed by atoms with Crippen LogP contribution in [-0.4, -0.2) is 19.8 Å². The highest BCUT2D eigenvalue weighted by molar-refractivity contribution is 7.71. The lowest BCUT2D eigenvalue weighted by molar-refractivity contribution is 0.837. The second kappa shape index (κ2) is 2.28. The van der Waals surface area contributed by atoms with Crippen molar-refractivity contribution in [2.75, 3.05) is 0 Å². The lowest BCUT2D eigenvalue weighted by Crippen LogP contribution is -1.91. The zero-order valence-corrected chi connectivity index (χ0v) is 6.85.